The predicted molar refractivity (Wildman–Crippen MR) is 93.6 cm³/mol. The van der Waals surface area contributed by atoms with Crippen molar-refractivity contribution in [2.45, 2.75) is 25.4 Å². The molecule has 3 aromatic rings. The normalized spacial score (nSPS) is 11.7. The second-order valence-corrected chi connectivity index (χ2v) is 5.89. The van der Waals surface area contributed by atoms with Gasteiger partial charge in [0.1, 0.15) is 23.1 Å². The van der Waals surface area contributed by atoms with Crippen molar-refractivity contribution >= 4 is 16.6 Å². The maximum Gasteiger partial charge on any atom is 0.352 e. The van der Waals surface area contributed by atoms with Crippen molar-refractivity contribution in [3.63, 3.8) is 0 Å². The number of benzene rings is 1. The Kier molecular flexibility index (Phi) is 6.37. The zero-order valence-corrected chi connectivity index (χ0v) is 15.3. The molecule has 0 aliphatic heterocycles. The smallest absolute Gasteiger partial charge is 0.352 e. The minimum Gasteiger partial charge on any atom is -0.497 e. The molecule has 0 saturated heterocycles. The first-order valence-electron chi connectivity index (χ1n) is 7.65. The molecule has 9 nitrogen and oxygen atoms in total. The van der Waals surface area contributed by atoms with Gasteiger partial charge in [-0.05, 0) is 17.7 Å². The summed E-state index contributed by atoms with van der Waals surface area (Å²) in [6.07, 6.45) is 1.29. The quantitative estimate of drug-likeness (QED) is 0.714. The highest BCUT2D eigenvalue weighted by Gasteiger charge is 2.15. The van der Waals surface area contributed by atoms with E-state index in [4.69, 9.17) is 4.74 Å². The first kappa shape index (κ1) is 18.7. The van der Waals surface area contributed by atoms with Crippen molar-refractivity contribution in [1.82, 2.24) is 29.1 Å². The summed E-state index contributed by atoms with van der Waals surface area (Å²) in [7, 11) is 1.46. The van der Waals surface area contributed by atoms with Gasteiger partial charge in [0.2, 0.25) is 5.65 Å². The Hall–Kier alpha value is -2.59. The number of aromatic nitrogens is 5. The van der Waals surface area contributed by atoms with Crippen molar-refractivity contribution in [3.8, 4) is 5.75 Å². The Morgan fingerprint density at radius 3 is 2.56 bits per heavy atom. The lowest BCUT2D eigenvalue weighted by molar-refractivity contribution is 0.414. The van der Waals surface area contributed by atoms with E-state index in [1.54, 1.807) is 7.11 Å². The molecule has 1 N–H and O–H groups in total. The third-order valence-corrected chi connectivity index (χ3v) is 4.25. The third kappa shape index (κ3) is 4.09. The number of rotatable bonds is 5. The number of hydrogen-bond acceptors (Lipinski definition) is 6. The lowest BCUT2D eigenvalue weighted by atomic mass is 10.2. The molecule has 0 aliphatic rings. The van der Waals surface area contributed by atoms with E-state index in [0.717, 1.165) is 16.0 Å². The van der Waals surface area contributed by atoms with E-state index in [2.05, 4.69) is 20.0 Å². The van der Waals surface area contributed by atoms with Crippen molar-refractivity contribution < 1.29 is 8.95 Å². The van der Waals surface area contributed by atoms with Crippen LogP contribution in [0.15, 0.2) is 40.4 Å². The molecule has 3 rings (SSSR count). The highest BCUT2D eigenvalue weighted by molar-refractivity contribution is 7.83. The van der Waals surface area contributed by atoms with Gasteiger partial charge in [0.05, 0.1) is 7.11 Å². The van der Waals surface area contributed by atoms with Crippen LogP contribution in [0.1, 0.15) is 19.4 Å². The SMILES string of the molecule is CC.COc1ccc(CNS(=O)c2ncn3c(=O)n(C)nnc23)cc1. The summed E-state index contributed by atoms with van der Waals surface area (Å²) >= 11 is 0. The minimum absolute atomic E-state index is 0.170. The lowest BCUT2D eigenvalue weighted by Gasteiger charge is -2.04. The maximum absolute atomic E-state index is 12.3. The van der Waals surface area contributed by atoms with Gasteiger partial charge < -0.3 is 4.74 Å². The summed E-state index contributed by atoms with van der Waals surface area (Å²) in [6.45, 7) is 4.37. The zero-order chi connectivity index (χ0) is 18.4. The van der Waals surface area contributed by atoms with Gasteiger partial charge in [-0.1, -0.05) is 31.2 Å². The fraction of sp³-hybridized carbons (Fsp3) is 0.333. The molecule has 0 radical (unpaired) electrons. The van der Waals surface area contributed by atoms with Crippen molar-refractivity contribution in [2.75, 3.05) is 7.11 Å². The Morgan fingerprint density at radius 1 is 1.24 bits per heavy atom. The second kappa shape index (κ2) is 8.49. The Bertz CT molecular complexity index is 919. The lowest BCUT2D eigenvalue weighted by Crippen LogP contribution is -2.27. The second-order valence-electron chi connectivity index (χ2n) is 4.68. The summed E-state index contributed by atoms with van der Waals surface area (Å²) in [6, 6.07) is 7.37. The number of ether oxygens (including phenoxy) is 1. The standard InChI is InChI=1S/C13H14N6O3S.C2H6/c1-18-13(20)19-8-14-12(11(19)16-17-18)23(21)15-7-9-3-5-10(22-2)6-4-9;1-2/h3-6,8,15H,7H2,1-2H3;1-2H3. The molecule has 1 aromatic carbocycles. The van der Waals surface area contributed by atoms with Crippen LogP contribution in [0.3, 0.4) is 0 Å². The average Bonchev–Trinajstić information content (AvgIpc) is 3.09. The predicted octanol–water partition coefficient (Wildman–Crippen LogP) is 0.670. The summed E-state index contributed by atoms with van der Waals surface area (Å²) < 4.78 is 22.5. The molecule has 134 valence electrons. The molecule has 1 unspecified atom stereocenters. The fourth-order valence-corrected chi connectivity index (χ4v) is 2.83. The number of imidazole rings is 1. The van der Waals surface area contributed by atoms with E-state index in [-0.39, 0.29) is 10.7 Å². The highest BCUT2D eigenvalue weighted by Crippen LogP contribution is 2.12. The Morgan fingerprint density at radius 2 is 1.92 bits per heavy atom. The number of fused-ring (bicyclic) bond motifs is 1. The fourth-order valence-electron chi connectivity index (χ4n) is 1.95. The molecule has 0 fully saturated rings. The molecular weight excluding hydrogens is 344 g/mol. The molecule has 0 bridgehead atoms. The first-order valence-corrected chi connectivity index (χ1v) is 8.80. The molecule has 0 amide bonds. The van der Waals surface area contributed by atoms with E-state index < -0.39 is 16.7 Å². The van der Waals surface area contributed by atoms with Gasteiger partial charge in [0.15, 0.2) is 5.03 Å². The van der Waals surface area contributed by atoms with Crippen molar-refractivity contribution in [1.29, 1.82) is 0 Å². The first-order chi connectivity index (χ1) is 12.1. The number of nitrogens with one attached hydrogen (secondary N) is 1. The van der Waals surface area contributed by atoms with Crippen molar-refractivity contribution in [3.05, 3.63) is 46.6 Å². The van der Waals surface area contributed by atoms with Crippen LogP contribution in [0.2, 0.25) is 0 Å². The molecule has 0 aliphatic carbocycles. The van der Waals surface area contributed by atoms with Crippen molar-refractivity contribution in [2.24, 2.45) is 7.05 Å². The molecule has 10 heteroatoms. The van der Waals surface area contributed by atoms with E-state index in [0.29, 0.717) is 6.54 Å². The number of hydrogen-bond donors (Lipinski definition) is 1. The van der Waals surface area contributed by atoms with Crippen LogP contribution in [-0.4, -0.2) is 35.7 Å². The van der Waals surface area contributed by atoms with E-state index >= 15 is 0 Å². The zero-order valence-electron chi connectivity index (χ0n) is 14.5. The molecule has 2 aromatic heterocycles. The molecule has 0 spiro atoms. The Balaban J connectivity index is 0.00000109. The van der Waals surface area contributed by atoms with Gasteiger partial charge in [-0.15, -0.1) is 5.10 Å². The van der Waals surface area contributed by atoms with Crippen LogP contribution >= 0.6 is 0 Å². The van der Waals surface area contributed by atoms with Crippen LogP contribution in [0, 0.1) is 0 Å². The van der Waals surface area contributed by atoms with Gasteiger partial charge in [0, 0.05) is 13.6 Å². The van der Waals surface area contributed by atoms with Gasteiger partial charge in [-0.3, -0.25) is 0 Å². The van der Waals surface area contributed by atoms with E-state index in [1.807, 2.05) is 38.1 Å². The average molecular weight is 364 g/mol. The summed E-state index contributed by atoms with van der Waals surface area (Å²) in [5, 5.41) is 7.71. The number of aryl methyl sites for hydroxylation is 1. The van der Waals surface area contributed by atoms with Crippen LogP contribution in [-0.2, 0) is 24.6 Å². The van der Waals surface area contributed by atoms with E-state index in [9.17, 15) is 9.00 Å². The Labute approximate surface area is 147 Å². The van der Waals surface area contributed by atoms with Gasteiger partial charge in [-0.25, -0.2) is 23.1 Å². The number of nitrogens with zero attached hydrogens (tertiary/aromatic N) is 5. The van der Waals surface area contributed by atoms with Crippen LogP contribution in [0.4, 0.5) is 0 Å². The summed E-state index contributed by atoms with van der Waals surface area (Å²) in [5.41, 5.74) is 0.708. The monoisotopic (exact) mass is 364 g/mol. The van der Waals surface area contributed by atoms with Crippen LogP contribution < -0.4 is 15.1 Å². The van der Waals surface area contributed by atoms with Crippen LogP contribution in [0.25, 0.3) is 5.65 Å². The molecule has 1 atom stereocenters. The van der Waals surface area contributed by atoms with Gasteiger partial charge >= 0.3 is 5.69 Å². The summed E-state index contributed by atoms with van der Waals surface area (Å²) in [4.78, 5) is 15.9. The number of methoxy groups -OCH3 is 1. The molecule has 25 heavy (non-hydrogen) atoms. The summed E-state index contributed by atoms with van der Waals surface area (Å²) in [5.74, 6) is 0.751. The highest BCUT2D eigenvalue weighted by atomic mass is 32.2. The molecule has 0 saturated carbocycles. The van der Waals surface area contributed by atoms with Crippen LogP contribution in [0.5, 0.6) is 5.75 Å². The maximum atomic E-state index is 12.3. The van der Waals surface area contributed by atoms with Gasteiger partial charge in [0.25, 0.3) is 0 Å². The minimum atomic E-state index is -1.61. The molecule has 2 heterocycles. The largest absolute Gasteiger partial charge is 0.497 e. The molecular formula is C15H20N6O3S. The van der Waals surface area contributed by atoms with E-state index in [1.165, 1.54) is 17.8 Å². The topological polar surface area (TPSA) is 103 Å². The van der Waals surface area contributed by atoms with Gasteiger partial charge in [-0.2, -0.15) is 4.68 Å². The third-order valence-electron chi connectivity index (χ3n) is 3.21.